The average Bonchev–Trinajstić information content (AvgIpc) is 2.79. The standard InChI is InChI=1S/C23H17Cl2NO5/c1-30-16-9-6-14(7-10-16)22(28)17-4-2-3-5-18(17)23(29)31-13-21(27)26-20-12-15(24)8-11-19(20)25/h2-12H,13H2,1H3,(H,26,27). The lowest BCUT2D eigenvalue weighted by Gasteiger charge is -2.10. The molecule has 0 fully saturated rings. The summed E-state index contributed by atoms with van der Waals surface area (Å²) in [5.41, 5.74) is 0.896. The van der Waals surface area contributed by atoms with E-state index in [-0.39, 0.29) is 16.9 Å². The second-order valence-corrected chi connectivity index (χ2v) is 7.20. The van der Waals surface area contributed by atoms with Crippen molar-refractivity contribution in [2.45, 2.75) is 0 Å². The molecule has 8 heteroatoms. The number of hydrogen-bond acceptors (Lipinski definition) is 5. The van der Waals surface area contributed by atoms with Gasteiger partial charge in [-0.3, -0.25) is 9.59 Å². The summed E-state index contributed by atoms with van der Waals surface area (Å²) in [4.78, 5) is 37.6. The van der Waals surface area contributed by atoms with Gasteiger partial charge in [0.2, 0.25) is 0 Å². The van der Waals surface area contributed by atoms with E-state index in [9.17, 15) is 14.4 Å². The van der Waals surface area contributed by atoms with Gasteiger partial charge in [0.1, 0.15) is 5.75 Å². The molecule has 158 valence electrons. The van der Waals surface area contributed by atoms with Crippen molar-refractivity contribution in [3.05, 3.63) is 93.5 Å². The Morgan fingerprint density at radius 3 is 2.26 bits per heavy atom. The van der Waals surface area contributed by atoms with Crippen LogP contribution in [-0.4, -0.2) is 31.4 Å². The van der Waals surface area contributed by atoms with Gasteiger partial charge in [-0.05, 0) is 48.5 Å². The van der Waals surface area contributed by atoms with Crippen molar-refractivity contribution in [2.75, 3.05) is 19.0 Å². The Labute approximate surface area is 188 Å². The molecule has 0 aromatic heterocycles. The highest BCUT2D eigenvalue weighted by Gasteiger charge is 2.20. The highest BCUT2D eigenvalue weighted by atomic mass is 35.5. The first-order valence-corrected chi connectivity index (χ1v) is 9.84. The smallest absolute Gasteiger partial charge is 0.339 e. The van der Waals surface area contributed by atoms with E-state index in [2.05, 4.69) is 5.32 Å². The quantitative estimate of drug-likeness (QED) is 0.397. The Morgan fingerprint density at radius 2 is 1.58 bits per heavy atom. The molecule has 31 heavy (non-hydrogen) atoms. The minimum Gasteiger partial charge on any atom is -0.497 e. The van der Waals surface area contributed by atoms with Crippen LogP contribution in [0.15, 0.2) is 66.7 Å². The number of carbonyl (C=O) groups is 3. The molecule has 3 rings (SSSR count). The monoisotopic (exact) mass is 457 g/mol. The maximum atomic E-state index is 12.9. The molecule has 0 heterocycles. The summed E-state index contributed by atoms with van der Waals surface area (Å²) < 4.78 is 10.2. The highest BCUT2D eigenvalue weighted by Crippen LogP contribution is 2.25. The van der Waals surface area contributed by atoms with Gasteiger partial charge >= 0.3 is 5.97 Å². The number of ether oxygens (including phenoxy) is 2. The van der Waals surface area contributed by atoms with E-state index in [1.165, 1.54) is 31.4 Å². The van der Waals surface area contributed by atoms with E-state index < -0.39 is 18.5 Å². The van der Waals surface area contributed by atoms with Crippen molar-refractivity contribution in [1.82, 2.24) is 0 Å². The summed E-state index contributed by atoms with van der Waals surface area (Å²) in [6.07, 6.45) is 0. The van der Waals surface area contributed by atoms with Crippen LogP contribution in [0.3, 0.4) is 0 Å². The van der Waals surface area contributed by atoms with Crippen LogP contribution in [-0.2, 0) is 9.53 Å². The Kier molecular flexibility index (Phi) is 7.28. The number of methoxy groups -OCH3 is 1. The molecule has 6 nitrogen and oxygen atoms in total. The summed E-state index contributed by atoms with van der Waals surface area (Å²) in [6, 6.07) is 17.3. The molecule has 0 aliphatic carbocycles. The van der Waals surface area contributed by atoms with Crippen molar-refractivity contribution in [3.8, 4) is 5.75 Å². The number of benzene rings is 3. The van der Waals surface area contributed by atoms with Gasteiger partial charge in [-0.15, -0.1) is 0 Å². The number of anilines is 1. The van der Waals surface area contributed by atoms with Crippen LogP contribution in [0.5, 0.6) is 5.75 Å². The van der Waals surface area contributed by atoms with E-state index >= 15 is 0 Å². The van der Waals surface area contributed by atoms with Crippen molar-refractivity contribution >= 4 is 46.5 Å². The van der Waals surface area contributed by atoms with Crippen LogP contribution in [0.2, 0.25) is 10.0 Å². The fourth-order valence-corrected chi connectivity index (χ4v) is 3.08. The van der Waals surface area contributed by atoms with Gasteiger partial charge in [0.25, 0.3) is 5.91 Å². The highest BCUT2D eigenvalue weighted by molar-refractivity contribution is 6.35. The van der Waals surface area contributed by atoms with E-state index in [0.717, 1.165) is 0 Å². The number of ketones is 1. The van der Waals surface area contributed by atoms with Crippen LogP contribution in [0.1, 0.15) is 26.3 Å². The van der Waals surface area contributed by atoms with E-state index in [0.29, 0.717) is 27.0 Å². The molecule has 0 atom stereocenters. The molecule has 1 amide bonds. The topological polar surface area (TPSA) is 81.7 Å². The molecule has 1 N–H and O–H groups in total. The maximum Gasteiger partial charge on any atom is 0.339 e. The van der Waals surface area contributed by atoms with Crippen LogP contribution in [0, 0.1) is 0 Å². The zero-order valence-electron chi connectivity index (χ0n) is 16.4. The lowest BCUT2D eigenvalue weighted by atomic mass is 9.98. The molecular formula is C23H17Cl2NO5. The summed E-state index contributed by atoms with van der Waals surface area (Å²) >= 11 is 11.9. The first-order chi connectivity index (χ1) is 14.9. The van der Waals surface area contributed by atoms with Crippen molar-refractivity contribution < 1.29 is 23.9 Å². The fourth-order valence-electron chi connectivity index (χ4n) is 2.75. The minimum absolute atomic E-state index is 0.0527. The molecule has 0 spiro atoms. The molecule has 0 radical (unpaired) electrons. The number of esters is 1. The predicted octanol–water partition coefficient (Wildman–Crippen LogP) is 5.03. The second kappa shape index (κ2) is 10.1. The van der Waals surface area contributed by atoms with Crippen LogP contribution in [0.4, 0.5) is 5.69 Å². The summed E-state index contributed by atoms with van der Waals surface area (Å²) in [5, 5.41) is 3.20. The van der Waals surface area contributed by atoms with Crippen molar-refractivity contribution in [1.29, 1.82) is 0 Å². The number of hydrogen-bond donors (Lipinski definition) is 1. The molecule has 0 saturated carbocycles. The third-order valence-electron chi connectivity index (χ3n) is 4.28. The molecule has 0 aliphatic heterocycles. The molecule has 3 aromatic rings. The average molecular weight is 458 g/mol. The summed E-state index contributed by atoms with van der Waals surface area (Å²) in [6.45, 7) is -0.563. The lowest BCUT2D eigenvalue weighted by molar-refractivity contribution is -0.119. The summed E-state index contributed by atoms with van der Waals surface area (Å²) in [5.74, 6) is -1.15. The van der Waals surface area contributed by atoms with Crippen molar-refractivity contribution in [3.63, 3.8) is 0 Å². The Bertz CT molecular complexity index is 1130. The Morgan fingerprint density at radius 1 is 0.903 bits per heavy atom. The maximum absolute atomic E-state index is 12.9. The van der Waals surface area contributed by atoms with E-state index in [4.69, 9.17) is 32.7 Å². The largest absolute Gasteiger partial charge is 0.497 e. The second-order valence-electron chi connectivity index (χ2n) is 6.35. The van der Waals surface area contributed by atoms with Crippen LogP contribution >= 0.6 is 23.2 Å². The number of halogens is 2. The zero-order valence-corrected chi connectivity index (χ0v) is 17.9. The zero-order chi connectivity index (χ0) is 22.4. The van der Waals surface area contributed by atoms with Crippen LogP contribution in [0.25, 0.3) is 0 Å². The number of amides is 1. The molecule has 0 aliphatic rings. The lowest BCUT2D eigenvalue weighted by Crippen LogP contribution is -2.22. The SMILES string of the molecule is COc1ccc(C(=O)c2ccccc2C(=O)OCC(=O)Nc2cc(Cl)ccc2Cl)cc1. The fraction of sp³-hybridized carbons (Fsp3) is 0.0870. The minimum atomic E-state index is -0.801. The van der Waals surface area contributed by atoms with Gasteiger partial charge in [0.15, 0.2) is 12.4 Å². The molecule has 3 aromatic carbocycles. The van der Waals surface area contributed by atoms with Gasteiger partial charge in [-0.2, -0.15) is 0 Å². The van der Waals surface area contributed by atoms with E-state index in [1.54, 1.807) is 42.5 Å². The van der Waals surface area contributed by atoms with Gasteiger partial charge in [0, 0.05) is 16.1 Å². The van der Waals surface area contributed by atoms with Gasteiger partial charge < -0.3 is 14.8 Å². The normalized spacial score (nSPS) is 10.3. The Balaban J connectivity index is 1.70. The molecule has 0 unspecified atom stereocenters. The Hall–Kier alpha value is -3.35. The molecular weight excluding hydrogens is 441 g/mol. The number of carbonyl (C=O) groups excluding carboxylic acids is 3. The third kappa shape index (κ3) is 5.63. The van der Waals surface area contributed by atoms with Gasteiger partial charge in [0.05, 0.1) is 23.4 Å². The molecule has 0 saturated heterocycles. The predicted molar refractivity (Wildman–Crippen MR) is 118 cm³/mol. The first kappa shape index (κ1) is 22.3. The third-order valence-corrected chi connectivity index (χ3v) is 4.85. The molecule has 0 bridgehead atoms. The first-order valence-electron chi connectivity index (χ1n) is 9.09. The number of nitrogens with one attached hydrogen (secondary N) is 1. The van der Waals surface area contributed by atoms with Crippen LogP contribution < -0.4 is 10.1 Å². The number of rotatable bonds is 7. The van der Waals surface area contributed by atoms with Gasteiger partial charge in [-0.25, -0.2) is 4.79 Å². The van der Waals surface area contributed by atoms with Crippen molar-refractivity contribution in [2.24, 2.45) is 0 Å². The van der Waals surface area contributed by atoms with E-state index in [1.807, 2.05) is 0 Å². The van der Waals surface area contributed by atoms with Gasteiger partial charge in [-0.1, -0.05) is 41.4 Å². The summed E-state index contributed by atoms with van der Waals surface area (Å²) in [7, 11) is 1.53.